The second kappa shape index (κ2) is 24.1. The van der Waals surface area contributed by atoms with Crippen LogP contribution in [0.1, 0.15) is 231 Å². The molecule has 300 valence electrons. The van der Waals surface area contributed by atoms with Gasteiger partial charge in [-0.25, -0.2) is 0 Å². The van der Waals surface area contributed by atoms with Gasteiger partial charge in [0.2, 0.25) is 0 Å². The molecule has 3 nitrogen and oxygen atoms in total. The number of carbonyl (C=O) groups excluding carboxylic acids is 1. The Morgan fingerprint density at radius 3 is 1.88 bits per heavy atom. The molecule has 52 heavy (non-hydrogen) atoms. The van der Waals surface area contributed by atoms with Crippen LogP contribution in [-0.4, -0.2) is 11.6 Å². The van der Waals surface area contributed by atoms with Gasteiger partial charge in [0.1, 0.15) is 17.1 Å². The highest BCUT2D eigenvalue weighted by Gasteiger charge is 2.35. The topological polar surface area (TPSA) is 35.5 Å². The van der Waals surface area contributed by atoms with E-state index in [1.807, 2.05) is 0 Å². The number of fused-ring (bicyclic) bond motifs is 1. The number of unbranched alkanes of at least 4 members (excludes halogenated alkanes) is 8. The molecule has 3 rings (SSSR count). The molecule has 1 heterocycles. The lowest BCUT2D eigenvalue weighted by atomic mass is 9.83. The number of carbonyl (C=O) groups is 1. The number of esters is 1. The van der Waals surface area contributed by atoms with Crippen molar-refractivity contribution < 1.29 is 14.3 Å². The van der Waals surface area contributed by atoms with Gasteiger partial charge in [0, 0.05) is 12.0 Å². The zero-order valence-corrected chi connectivity index (χ0v) is 36.2. The Labute approximate surface area is 324 Å². The van der Waals surface area contributed by atoms with Crippen LogP contribution in [0.4, 0.5) is 0 Å². The number of benzene rings is 1. The minimum absolute atomic E-state index is 0.0726. The van der Waals surface area contributed by atoms with E-state index in [1.165, 1.54) is 140 Å². The van der Waals surface area contributed by atoms with E-state index in [1.54, 1.807) is 0 Å². The van der Waals surface area contributed by atoms with Crippen LogP contribution in [-0.2, 0) is 11.2 Å². The fraction of sp³-hybridized carbons (Fsp3) is 0.857. The molecule has 5 atom stereocenters. The quantitative estimate of drug-likeness (QED) is 0.0515. The molecule has 0 bridgehead atoms. The molecule has 1 aliphatic carbocycles. The Morgan fingerprint density at radius 1 is 0.712 bits per heavy atom. The van der Waals surface area contributed by atoms with Crippen LogP contribution in [0.3, 0.4) is 0 Å². The van der Waals surface area contributed by atoms with E-state index in [-0.39, 0.29) is 11.6 Å². The normalized spacial score (nSPS) is 21.3. The molecule has 1 aromatic rings. The minimum Gasteiger partial charge on any atom is -0.487 e. The SMILES string of the molecule is CCCCCCCC[C@H]1CCC[C@@H]1CCCCCCC(=O)Oc1c(C)c(C)c2c(c1C)CC[C@@](C)(CCC[C@H](C)CCC[C@H](C)CCCC(C)C)O2. The molecule has 3 heteroatoms. The molecule has 1 saturated carbocycles. The van der Waals surface area contributed by atoms with Crippen molar-refractivity contribution in [3.63, 3.8) is 0 Å². The molecule has 0 N–H and O–H groups in total. The molecule has 1 fully saturated rings. The van der Waals surface area contributed by atoms with Crippen LogP contribution in [0, 0.1) is 50.4 Å². The van der Waals surface area contributed by atoms with Crippen LogP contribution >= 0.6 is 0 Å². The molecule has 2 aliphatic rings. The lowest BCUT2D eigenvalue weighted by molar-refractivity contribution is -0.134. The third kappa shape index (κ3) is 15.7. The summed E-state index contributed by atoms with van der Waals surface area (Å²) in [4.78, 5) is 13.1. The standard InChI is InChI=1S/C49H86O3/c1-10-11-12-13-14-17-29-43-31-22-32-44(43)30-18-15-16-19-33-46(50)51-47-40(6)41(7)48-45(42(47)8)34-36-49(9,52-48)35-23-28-39(5)27-21-26-38(4)25-20-24-37(2)3/h37-39,43-44H,10-36H2,1-9H3/t38-,39-,43+,44+,49-/m1/s1. The van der Waals surface area contributed by atoms with Crippen molar-refractivity contribution in [1.82, 2.24) is 0 Å². The number of hydrogen-bond acceptors (Lipinski definition) is 3. The molecule has 0 saturated heterocycles. The van der Waals surface area contributed by atoms with Gasteiger partial charge in [-0.1, -0.05) is 169 Å². The lowest BCUT2D eigenvalue weighted by Crippen LogP contribution is -2.37. The molecule has 0 amide bonds. The first kappa shape index (κ1) is 44.9. The van der Waals surface area contributed by atoms with Crippen molar-refractivity contribution in [2.45, 2.75) is 241 Å². The van der Waals surface area contributed by atoms with Gasteiger partial charge in [-0.05, 0) is 106 Å². The van der Waals surface area contributed by atoms with Crippen molar-refractivity contribution in [3.05, 3.63) is 22.3 Å². The highest BCUT2D eigenvalue weighted by Crippen LogP contribution is 2.45. The zero-order chi connectivity index (χ0) is 37.9. The van der Waals surface area contributed by atoms with Crippen LogP contribution < -0.4 is 9.47 Å². The fourth-order valence-corrected chi connectivity index (χ4v) is 9.67. The molecule has 0 aromatic heterocycles. The Bertz CT molecular complexity index is 1150. The van der Waals surface area contributed by atoms with E-state index in [9.17, 15) is 4.79 Å². The van der Waals surface area contributed by atoms with Gasteiger partial charge in [0.15, 0.2) is 0 Å². The Hall–Kier alpha value is -1.51. The van der Waals surface area contributed by atoms with Gasteiger partial charge in [0.05, 0.1) is 0 Å². The molecule has 0 radical (unpaired) electrons. The van der Waals surface area contributed by atoms with Crippen LogP contribution in [0.25, 0.3) is 0 Å². The van der Waals surface area contributed by atoms with Gasteiger partial charge in [-0.15, -0.1) is 0 Å². The third-order valence-corrected chi connectivity index (χ3v) is 13.5. The van der Waals surface area contributed by atoms with Gasteiger partial charge in [0.25, 0.3) is 0 Å². The monoisotopic (exact) mass is 723 g/mol. The van der Waals surface area contributed by atoms with Crippen molar-refractivity contribution >= 4 is 5.97 Å². The summed E-state index contributed by atoms with van der Waals surface area (Å²) in [6, 6.07) is 0. The maximum atomic E-state index is 13.1. The van der Waals surface area contributed by atoms with E-state index in [4.69, 9.17) is 9.47 Å². The fourth-order valence-electron chi connectivity index (χ4n) is 9.67. The summed E-state index contributed by atoms with van der Waals surface area (Å²) in [7, 11) is 0. The molecule has 1 aromatic carbocycles. The van der Waals surface area contributed by atoms with Crippen LogP contribution in [0.2, 0.25) is 0 Å². The number of hydrogen-bond donors (Lipinski definition) is 0. The predicted molar refractivity (Wildman–Crippen MR) is 225 cm³/mol. The highest BCUT2D eigenvalue weighted by atomic mass is 16.5. The first-order valence-electron chi connectivity index (χ1n) is 23.0. The summed E-state index contributed by atoms with van der Waals surface area (Å²) in [5, 5.41) is 0. The summed E-state index contributed by atoms with van der Waals surface area (Å²) < 4.78 is 13.0. The van der Waals surface area contributed by atoms with E-state index < -0.39 is 0 Å². The Morgan fingerprint density at radius 2 is 1.27 bits per heavy atom. The van der Waals surface area contributed by atoms with E-state index in [2.05, 4.69) is 62.3 Å². The van der Waals surface area contributed by atoms with Gasteiger partial charge in [-0.3, -0.25) is 4.79 Å². The minimum atomic E-state index is -0.119. The first-order chi connectivity index (χ1) is 24.9. The van der Waals surface area contributed by atoms with Gasteiger partial charge < -0.3 is 9.47 Å². The maximum Gasteiger partial charge on any atom is 0.311 e. The Kier molecular flexibility index (Phi) is 20.8. The number of ether oxygens (including phenoxy) is 2. The summed E-state index contributed by atoms with van der Waals surface area (Å²) in [6.45, 7) is 20.6. The lowest BCUT2D eigenvalue weighted by Gasteiger charge is -2.38. The second-order valence-electron chi connectivity index (χ2n) is 18.9. The van der Waals surface area contributed by atoms with Crippen molar-refractivity contribution in [2.75, 3.05) is 0 Å². The van der Waals surface area contributed by atoms with Crippen LogP contribution in [0.5, 0.6) is 11.5 Å². The first-order valence-corrected chi connectivity index (χ1v) is 23.0. The highest BCUT2D eigenvalue weighted by molar-refractivity contribution is 5.74. The number of rotatable bonds is 27. The van der Waals surface area contributed by atoms with Crippen molar-refractivity contribution in [1.29, 1.82) is 0 Å². The van der Waals surface area contributed by atoms with E-state index in [0.29, 0.717) is 6.42 Å². The van der Waals surface area contributed by atoms with Gasteiger partial charge >= 0.3 is 5.97 Å². The zero-order valence-electron chi connectivity index (χ0n) is 36.2. The maximum absolute atomic E-state index is 13.1. The summed E-state index contributed by atoms with van der Waals surface area (Å²) in [5.41, 5.74) is 4.44. The summed E-state index contributed by atoms with van der Waals surface area (Å²) in [5.74, 6) is 6.21. The van der Waals surface area contributed by atoms with Gasteiger partial charge in [-0.2, -0.15) is 0 Å². The predicted octanol–water partition coefficient (Wildman–Crippen LogP) is 15.5. The average Bonchev–Trinajstić information content (AvgIpc) is 3.55. The molecule has 0 spiro atoms. The van der Waals surface area contributed by atoms with Crippen molar-refractivity contribution in [3.8, 4) is 11.5 Å². The molecule has 1 aliphatic heterocycles. The smallest absolute Gasteiger partial charge is 0.311 e. The summed E-state index contributed by atoms with van der Waals surface area (Å²) >= 11 is 0. The third-order valence-electron chi connectivity index (χ3n) is 13.5. The molecular formula is C49H86O3. The van der Waals surface area contributed by atoms with Crippen molar-refractivity contribution in [2.24, 2.45) is 29.6 Å². The average molecular weight is 723 g/mol. The van der Waals surface area contributed by atoms with Crippen LogP contribution in [0.15, 0.2) is 0 Å². The second-order valence-corrected chi connectivity index (χ2v) is 18.9. The Balaban J connectivity index is 1.35. The van der Waals surface area contributed by atoms with E-state index in [0.717, 1.165) is 89.9 Å². The molecule has 0 unspecified atom stereocenters. The molecular weight excluding hydrogens is 637 g/mol. The largest absolute Gasteiger partial charge is 0.487 e. The van der Waals surface area contributed by atoms with E-state index >= 15 is 0 Å². The summed E-state index contributed by atoms with van der Waals surface area (Å²) in [6.07, 6.45) is 34.8.